The minimum Gasteiger partial charge on any atom is -0.329 e. The number of nitrogens with two attached hydrogens (primary N) is 1. The molecular weight excluding hydrogens is 265 g/mol. The first kappa shape index (κ1) is 14.5. The Balaban J connectivity index is 2.23. The van der Waals surface area contributed by atoms with Crippen molar-refractivity contribution in [1.29, 1.82) is 0 Å². The van der Waals surface area contributed by atoms with Crippen LogP contribution in [0.15, 0.2) is 18.2 Å². The van der Waals surface area contributed by atoms with Crippen molar-refractivity contribution in [3.05, 3.63) is 29.8 Å². The summed E-state index contributed by atoms with van der Waals surface area (Å²) in [6, 6.07) is 5.11. The van der Waals surface area contributed by atoms with Crippen molar-refractivity contribution in [3.8, 4) is 0 Å². The van der Waals surface area contributed by atoms with Crippen LogP contribution in [-0.2, 0) is 5.41 Å². The Hall–Kier alpha value is -1.42. The van der Waals surface area contributed by atoms with Gasteiger partial charge in [-0.1, -0.05) is 19.3 Å². The largest absolute Gasteiger partial charge is 0.329 e. The number of hydrogen-bond acceptors (Lipinski definition) is 2. The molecule has 0 amide bonds. The monoisotopic (exact) mass is 289 g/mol. The van der Waals surface area contributed by atoms with Gasteiger partial charge in [0.2, 0.25) is 0 Å². The molecule has 1 heterocycles. The molecule has 1 saturated carbocycles. The fourth-order valence-electron chi connectivity index (χ4n) is 3.71. The van der Waals surface area contributed by atoms with E-state index in [1.165, 1.54) is 25.3 Å². The van der Waals surface area contributed by atoms with Crippen LogP contribution in [0, 0.1) is 5.82 Å². The van der Waals surface area contributed by atoms with Gasteiger partial charge in [0, 0.05) is 18.0 Å². The molecular formula is C17H24FN3. The average Bonchev–Trinajstić information content (AvgIpc) is 2.87. The van der Waals surface area contributed by atoms with Crippen molar-refractivity contribution in [3.63, 3.8) is 0 Å². The summed E-state index contributed by atoms with van der Waals surface area (Å²) in [5.74, 6) is 0.849. The predicted octanol–water partition coefficient (Wildman–Crippen LogP) is 3.92. The molecule has 2 N–H and O–H groups in total. The van der Waals surface area contributed by atoms with Crippen LogP contribution in [0.25, 0.3) is 11.0 Å². The van der Waals surface area contributed by atoms with Gasteiger partial charge in [0.25, 0.3) is 0 Å². The van der Waals surface area contributed by atoms with E-state index in [1.54, 1.807) is 12.1 Å². The molecule has 1 aromatic carbocycles. The molecule has 114 valence electrons. The summed E-state index contributed by atoms with van der Waals surface area (Å²) in [5.41, 5.74) is 7.88. The lowest BCUT2D eigenvalue weighted by molar-refractivity contribution is 0.274. The quantitative estimate of drug-likeness (QED) is 0.930. The van der Waals surface area contributed by atoms with Crippen LogP contribution in [0.3, 0.4) is 0 Å². The average molecular weight is 289 g/mol. The van der Waals surface area contributed by atoms with Crippen molar-refractivity contribution >= 4 is 11.0 Å². The number of nitrogens with zero attached hydrogens (tertiary/aromatic N) is 2. The van der Waals surface area contributed by atoms with E-state index < -0.39 is 0 Å². The molecule has 4 heteroatoms. The van der Waals surface area contributed by atoms with Crippen LogP contribution < -0.4 is 5.73 Å². The molecule has 1 aliphatic rings. The highest BCUT2D eigenvalue weighted by atomic mass is 19.1. The molecule has 21 heavy (non-hydrogen) atoms. The summed E-state index contributed by atoms with van der Waals surface area (Å²) in [6.07, 6.45) is 5.85. The highest BCUT2D eigenvalue weighted by Crippen LogP contribution is 2.40. The summed E-state index contributed by atoms with van der Waals surface area (Å²) in [7, 11) is 0. The first-order chi connectivity index (χ1) is 10.1. The molecule has 0 unspecified atom stereocenters. The molecule has 0 radical (unpaired) electrons. The Morgan fingerprint density at radius 2 is 2.00 bits per heavy atom. The molecule has 1 aliphatic carbocycles. The van der Waals surface area contributed by atoms with Crippen LogP contribution in [0.2, 0.25) is 0 Å². The number of halogens is 1. The predicted molar refractivity (Wildman–Crippen MR) is 83.9 cm³/mol. The maximum Gasteiger partial charge on any atom is 0.125 e. The zero-order valence-corrected chi connectivity index (χ0v) is 12.9. The second kappa shape index (κ2) is 5.41. The number of rotatable bonds is 3. The van der Waals surface area contributed by atoms with Gasteiger partial charge in [-0.2, -0.15) is 0 Å². The summed E-state index contributed by atoms with van der Waals surface area (Å²) in [4.78, 5) is 4.86. The van der Waals surface area contributed by atoms with E-state index in [9.17, 15) is 4.39 Å². The zero-order valence-electron chi connectivity index (χ0n) is 12.9. The van der Waals surface area contributed by atoms with Gasteiger partial charge in [-0.3, -0.25) is 0 Å². The van der Waals surface area contributed by atoms with Gasteiger partial charge >= 0.3 is 0 Å². The zero-order chi connectivity index (χ0) is 15.0. The maximum absolute atomic E-state index is 13.6. The van der Waals surface area contributed by atoms with Gasteiger partial charge < -0.3 is 10.3 Å². The number of benzene rings is 1. The number of fused-ring (bicyclic) bond motifs is 1. The highest BCUT2D eigenvalue weighted by Gasteiger charge is 2.37. The molecule has 0 spiro atoms. The van der Waals surface area contributed by atoms with Crippen LogP contribution in [0.5, 0.6) is 0 Å². The number of imidazole rings is 1. The second-order valence-electron chi connectivity index (χ2n) is 6.58. The van der Waals surface area contributed by atoms with E-state index in [1.807, 2.05) is 0 Å². The Bertz CT molecular complexity index is 639. The van der Waals surface area contributed by atoms with Gasteiger partial charge in [0.05, 0.1) is 11.0 Å². The van der Waals surface area contributed by atoms with Crippen molar-refractivity contribution in [1.82, 2.24) is 9.55 Å². The molecule has 0 bridgehead atoms. The molecule has 0 saturated heterocycles. The van der Waals surface area contributed by atoms with Crippen LogP contribution in [0.4, 0.5) is 4.39 Å². The molecule has 2 aromatic rings. The van der Waals surface area contributed by atoms with Gasteiger partial charge in [0.15, 0.2) is 0 Å². The SMILES string of the molecule is CC(C)n1c(C2(CN)CCCCC2)nc2ccc(F)cc21. The van der Waals surface area contributed by atoms with Crippen LogP contribution in [0.1, 0.15) is 57.8 Å². The van der Waals surface area contributed by atoms with Gasteiger partial charge in [0.1, 0.15) is 11.6 Å². The fraction of sp³-hybridized carbons (Fsp3) is 0.588. The molecule has 1 fully saturated rings. The highest BCUT2D eigenvalue weighted by molar-refractivity contribution is 5.76. The smallest absolute Gasteiger partial charge is 0.125 e. The van der Waals surface area contributed by atoms with Gasteiger partial charge in [-0.05, 0) is 44.9 Å². The van der Waals surface area contributed by atoms with E-state index in [-0.39, 0.29) is 17.3 Å². The normalized spacial score (nSPS) is 18.5. The molecule has 0 aliphatic heterocycles. The van der Waals surface area contributed by atoms with Crippen molar-refractivity contribution < 1.29 is 4.39 Å². The summed E-state index contributed by atoms with van der Waals surface area (Å²) < 4.78 is 15.8. The maximum atomic E-state index is 13.6. The lowest BCUT2D eigenvalue weighted by atomic mass is 9.73. The van der Waals surface area contributed by atoms with E-state index >= 15 is 0 Å². The van der Waals surface area contributed by atoms with Crippen molar-refractivity contribution in [2.24, 2.45) is 5.73 Å². The molecule has 3 nitrogen and oxygen atoms in total. The van der Waals surface area contributed by atoms with Crippen LogP contribution >= 0.6 is 0 Å². The molecule has 0 atom stereocenters. The van der Waals surface area contributed by atoms with Crippen molar-refractivity contribution in [2.45, 2.75) is 57.4 Å². The summed E-state index contributed by atoms with van der Waals surface area (Å²) in [5, 5.41) is 0. The topological polar surface area (TPSA) is 43.8 Å². The van der Waals surface area contributed by atoms with E-state index in [4.69, 9.17) is 10.7 Å². The van der Waals surface area contributed by atoms with Gasteiger partial charge in [-0.15, -0.1) is 0 Å². The lowest BCUT2D eigenvalue weighted by Crippen LogP contribution is -2.40. The molecule has 3 rings (SSSR count). The summed E-state index contributed by atoms with van der Waals surface area (Å²) in [6.45, 7) is 4.87. The van der Waals surface area contributed by atoms with E-state index in [0.717, 1.165) is 29.7 Å². The third kappa shape index (κ3) is 2.35. The van der Waals surface area contributed by atoms with Crippen LogP contribution in [-0.4, -0.2) is 16.1 Å². The number of aromatic nitrogens is 2. The number of hydrogen-bond donors (Lipinski definition) is 1. The van der Waals surface area contributed by atoms with E-state index in [0.29, 0.717) is 6.54 Å². The Labute approximate surface area is 125 Å². The minimum absolute atomic E-state index is 0.0436. The van der Waals surface area contributed by atoms with E-state index in [2.05, 4.69) is 18.4 Å². The first-order valence-corrected chi connectivity index (χ1v) is 7.95. The third-order valence-corrected chi connectivity index (χ3v) is 4.84. The third-order valence-electron chi connectivity index (χ3n) is 4.84. The van der Waals surface area contributed by atoms with Gasteiger partial charge in [-0.25, -0.2) is 9.37 Å². The standard InChI is InChI=1S/C17H24FN3/c1-12(2)21-15-10-13(18)6-7-14(15)20-16(21)17(11-19)8-4-3-5-9-17/h6-7,10,12H,3-5,8-9,11,19H2,1-2H3. The molecule has 1 aromatic heterocycles. The minimum atomic E-state index is -0.207. The summed E-state index contributed by atoms with van der Waals surface area (Å²) >= 11 is 0. The first-order valence-electron chi connectivity index (χ1n) is 7.95. The van der Waals surface area contributed by atoms with Crippen molar-refractivity contribution in [2.75, 3.05) is 6.54 Å². The fourth-order valence-corrected chi connectivity index (χ4v) is 3.71. The Kier molecular flexibility index (Phi) is 3.74. The lowest BCUT2D eigenvalue weighted by Gasteiger charge is -2.36. The Morgan fingerprint density at radius 3 is 2.62 bits per heavy atom. The Morgan fingerprint density at radius 1 is 1.29 bits per heavy atom. The second-order valence-corrected chi connectivity index (χ2v) is 6.58.